The molecule has 7 heteroatoms. The number of ether oxygens (including phenoxy) is 1. The minimum atomic E-state index is -0.447. The summed E-state index contributed by atoms with van der Waals surface area (Å²) in [4.78, 5) is 13.9. The summed E-state index contributed by atoms with van der Waals surface area (Å²) in [6.45, 7) is 12.1. The molecule has 0 aromatic carbocycles. The van der Waals surface area contributed by atoms with Crippen LogP contribution < -0.4 is 5.32 Å². The molecule has 2 rings (SSSR count). The molecule has 1 atom stereocenters. The molecule has 0 spiro atoms. The van der Waals surface area contributed by atoms with Gasteiger partial charge in [-0.15, -0.1) is 5.10 Å². The van der Waals surface area contributed by atoms with Crippen molar-refractivity contribution in [1.29, 1.82) is 0 Å². The third-order valence-electron chi connectivity index (χ3n) is 3.97. The number of hydrogen-bond acceptors (Lipinski definition) is 5. The largest absolute Gasteiger partial charge is 0.444 e. The lowest BCUT2D eigenvalue weighted by atomic mass is 10.1. The maximum Gasteiger partial charge on any atom is 0.410 e. The van der Waals surface area contributed by atoms with Gasteiger partial charge in [-0.05, 0) is 47.1 Å². The first kappa shape index (κ1) is 17.7. The molecule has 1 fully saturated rings. The lowest BCUT2D eigenvalue weighted by Gasteiger charge is -2.33. The van der Waals surface area contributed by atoms with E-state index in [1.165, 1.54) is 0 Å². The van der Waals surface area contributed by atoms with Crippen molar-refractivity contribution in [3.8, 4) is 0 Å². The van der Waals surface area contributed by atoms with Crippen LogP contribution in [-0.4, -0.2) is 51.2 Å². The van der Waals surface area contributed by atoms with Crippen molar-refractivity contribution in [3.63, 3.8) is 0 Å². The van der Waals surface area contributed by atoms with Gasteiger partial charge in [0.05, 0.1) is 24.0 Å². The summed E-state index contributed by atoms with van der Waals surface area (Å²) in [5.74, 6) is 0. The van der Waals surface area contributed by atoms with Crippen LogP contribution in [0.1, 0.15) is 65.2 Å². The van der Waals surface area contributed by atoms with Crippen LogP contribution in [0.4, 0.5) is 4.79 Å². The quantitative estimate of drug-likeness (QED) is 0.922. The van der Waals surface area contributed by atoms with Crippen LogP contribution >= 0.6 is 0 Å². The summed E-state index contributed by atoms with van der Waals surface area (Å²) in [7, 11) is 0. The molecule has 1 aliphatic heterocycles. The summed E-state index contributed by atoms with van der Waals surface area (Å²) in [6.07, 6.45) is 3.53. The number of piperidine rings is 1. The average molecular weight is 323 g/mol. The Labute approximate surface area is 138 Å². The molecule has 0 aliphatic carbocycles. The van der Waals surface area contributed by atoms with E-state index in [0.29, 0.717) is 19.1 Å². The fraction of sp³-hybridized carbons (Fsp3) is 0.812. The number of hydrogen-bond donors (Lipinski definition) is 1. The number of carbonyl (C=O) groups excluding carboxylic acids is 1. The molecule has 7 nitrogen and oxygen atoms in total. The Morgan fingerprint density at radius 3 is 2.65 bits per heavy atom. The lowest BCUT2D eigenvalue weighted by Crippen LogP contribution is -2.42. The third-order valence-corrected chi connectivity index (χ3v) is 3.97. The molecule has 23 heavy (non-hydrogen) atoms. The first-order valence-corrected chi connectivity index (χ1v) is 8.43. The molecule has 1 saturated heterocycles. The Balaban J connectivity index is 1.88. The zero-order chi connectivity index (χ0) is 17.0. The first-order chi connectivity index (χ1) is 10.8. The molecule has 1 aromatic heterocycles. The van der Waals surface area contributed by atoms with Crippen LogP contribution in [-0.2, 0) is 4.74 Å². The van der Waals surface area contributed by atoms with E-state index >= 15 is 0 Å². The number of aromatic nitrogens is 3. The second kappa shape index (κ2) is 7.29. The zero-order valence-corrected chi connectivity index (χ0v) is 14.9. The Kier molecular flexibility index (Phi) is 5.62. The molecule has 1 unspecified atom stereocenters. The SMILES string of the molecule is CCNC(C)c1cn(C2CCN(C(=O)OC(C)(C)C)CC2)nn1. The van der Waals surface area contributed by atoms with Crippen LogP contribution in [0.15, 0.2) is 6.20 Å². The number of amides is 1. The molecule has 0 saturated carbocycles. The van der Waals surface area contributed by atoms with Crippen molar-refractivity contribution in [1.82, 2.24) is 25.2 Å². The Hall–Kier alpha value is -1.63. The van der Waals surface area contributed by atoms with Crippen molar-refractivity contribution in [2.24, 2.45) is 0 Å². The van der Waals surface area contributed by atoms with Gasteiger partial charge in [0.15, 0.2) is 0 Å². The highest BCUT2D eigenvalue weighted by Gasteiger charge is 2.28. The van der Waals surface area contributed by atoms with Gasteiger partial charge in [0.1, 0.15) is 5.60 Å². The van der Waals surface area contributed by atoms with Gasteiger partial charge in [-0.25, -0.2) is 9.48 Å². The Morgan fingerprint density at radius 2 is 2.09 bits per heavy atom. The molecule has 0 radical (unpaired) electrons. The molecule has 1 amide bonds. The fourth-order valence-electron chi connectivity index (χ4n) is 2.72. The van der Waals surface area contributed by atoms with Crippen molar-refractivity contribution in [2.45, 2.75) is 65.1 Å². The molecule has 1 N–H and O–H groups in total. The van der Waals surface area contributed by atoms with Gasteiger partial charge in [0.25, 0.3) is 0 Å². The monoisotopic (exact) mass is 323 g/mol. The van der Waals surface area contributed by atoms with Crippen LogP contribution in [0.5, 0.6) is 0 Å². The maximum atomic E-state index is 12.1. The number of likely N-dealkylation sites (tertiary alicyclic amines) is 1. The predicted octanol–water partition coefficient (Wildman–Crippen LogP) is 2.52. The van der Waals surface area contributed by atoms with E-state index in [-0.39, 0.29) is 12.1 Å². The molecule has 1 aromatic rings. The van der Waals surface area contributed by atoms with E-state index in [9.17, 15) is 4.79 Å². The van der Waals surface area contributed by atoms with Crippen LogP contribution in [0.25, 0.3) is 0 Å². The molecule has 130 valence electrons. The van der Waals surface area contributed by atoms with E-state index in [1.54, 1.807) is 4.90 Å². The minimum absolute atomic E-state index is 0.204. The van der Waals surface area contributed by atoms with Gasteiger partial charge in [-0.2, -0.15) is 0 Å². The van der Waals surface area contributed by atoms with Crippen molar-refractivity contribution in [3.05, 3.63) is 11.9 Å². The zero-order valence-electron chi connectivity index (χ0n) is 14.9. The predicted molar refractivity (Wildman–Crippen MR) is 88.2 cm³/mol. The molecular weight excluding hydrogens is 294 g/mol. The van der Waals surface area contributed by atoms with E-state index in [2.05, 4.69) is 29.5 Å². The highest BCUT2D eigenvalue weighted by molar-refractivity contribution is 5.68. The van der Waals surface area contributed by atoms with E-state index < -0.39 is 5.60 Å². The molecule has 2 heterocycles. The second-order valence-electron chi connectivity index (χ2n) is 7.10. The summed E-state index contributed by atoms with van der Waals surface area (Å²) >= 11 is 0. The topological polar surface area (TPSA) is 72.3 Å². The standard InChI is InChI=1S/C16H29N5O2/c1-6-17-12(2)14-11-21(19-18-14)13-7-9-20(10-8-13)15(22)23-16(3,4)5/h11-13,17H,6-10H2,1-5H3. The number of carbonyl (C=O) groups is 1. The van der Waals surface area contributed by atoms with Crippen molar-refractivity contribution < 1.29 is 9.53 Å². The number of nitrogens with zero attached hydrogens (tertiary/aromatic N) is 4. The normalized spacial score (nSPS) is 18.0. The van der Waals surface area contributed by atoms with Crippen LogP contribution in [0.3, 0.4) is 0 Å². The van der Waals surface area contributed by atoms with Crippen molar-refractivity contribution in [2.75, 3.05) is 19.6 Å². The molecule has 0 bridgehead atoms. The van der Waals surface area contributed by atoms with Crippen LogP contribution in [0, 0.1) is 0 Å². The van der Waals surface area contributed by atoms with Gasteiger partial charge in [-0.1, -0.05) is 12.1 Å². The summed E-state index contributed by atoms with van der Waals surface area (Å²) in [5.41, 5.74) is 0.512. The summed E-state index contributed by atoms with van der Waals surface area (Å²) in [5, 5.41) is 11.9. The van der Waals surface area contributed by atoms with Crippen molar-refractivity contribution >= 4 is 6.09 Å². The number of nitrogens with one attached hydrogen (secondary N) is 1. The lowest BCUT2D eigenvalue weighted by molar-refractivity contribution is 0.0184. The van der Waals surface area contributed by atoms with Gasteiger partial charge in [-0.3, -0.25) is 0 Å². The van der Waals surface area contributed by atoms with E-state index in [1.807, 2.05) is 31.6 Å². The van der Waals surface area contributed by atoms with Gasteiger partial charge in [0.2, 0.25) is 0 Å². The van der Waals surface area contributed by atoms with Gasteiger partial charge >= 0.3 is 6.09 Å². The van der Waals surface area contributed by atoms with E-state index in [0.717, 1.165) is 25.1 Å². The second-order valence-corrected chi connectivity index (χ2v) is 7.10. The smallest absolute Gasteiger partial charge is 0.410 e. The van der Waals surface area contributed by atoms with Gasteiger partial charge in [0, 0.05) is 13.1 Å². The molecule has 1 aliphatic rings. The molecular formula is C16H29N5O2. The summed E-state index contributed by atoms with van der Waals surface area (Å²) < 4.78 is 7.36. The maximum absolute atomic E-state index is 12.1. The minimum Gasteiger partial charge on any atom is -0.444 e. The highest BCUT2D eigenvalue weighted by Crippen LogP contribution is 2.24. The third kappa shape index (κ3) is 4.92. The first-order valence-electron chi connectivity index (χ1n) is 8.43. The summed E-state index contributed by atoms with van der Waals surface area (Å²) in [6, 6.07) is 0.499. The Morgan fingerprint density at radius 1 is 1.43 bits per heavy atom. The highest BCUT2D eigenvalue weighted by atomic mass is 16.6. The average Bonchev–Trinajstić information content (AvgIpc) is 2.96. The fourth-order valence-corrected chi connectivity index (χ4v) is 2.72. The Bertz CT molecular complexity index is 515. The van der Waals surface area contributed by atoms with Gasteiger partial charge < -0.3 is 15.0 Å². The van der Waals surface area contributed by atoms with E-state index in [4.69, 9.17) is 4.74 Å². The number of rotatable bonds is 4. The van der Waals surface area contributed by atoms with Crippen LogP contribution in [0.2, 0.25) is 0 Å².